The molecule has 20 heavy (non-hydrogen) atoms. The lowest BCUT2D eigenvalue weighted by atomic mass is 10.1. The Morgan fingerprint density at radius 1 is 1.10 bits per heavy atom. The van der Waals surface area contributed by atoms with E-state index in [-0.39, 0.29) is 22.6 Å². The summed E-state index contributed by atoms with van der Waals surface area (Å²) in [7, 11) is 1.58. The van der Waals surface area contributed by atoms with Crippen LogP contribution in [0.15, 0.2) is 36.4 Å². The molecule has 0 saturated heterocycles. The van der Waals surface area contributed by atoms with E-state index in [0.717, 1.165) is 5.69 Å². The zero-order valence-corrected chi connectivity index (χ0v) is 12.0. The van der Waals surface area contributed by atoms with E-state index in [9.17, 15) is 10.2 Å². The molecule has 2 rings (SSSR count). The normalized spacial score (nSPS) is 11.9. The van der Waals surface area contributed by atoms with Crippen molar-refractivity contribution in [3.63, 3.8) is 0 Å². The molecule has 2 aromatic carbocycles. The molecule has 0 heterocycles. The maximum Gasteiger partial charge on any atom is 0.134 e. The highest BCUT2D eigenvalue weighted by Gasteiger charge is 2.12. The zero-order chi connectivity index (χ0) is 14.7. The Labute approximate surface area is 122 Å². The molecule has 2 aromatic rings. The molecular weight excluding hydrogens is 278 g/mol. The Bertz CT molecular complexity index is 616. The first-order chi connectivity index (χ1) is 9.51. The van der Waals surface area contributed by atoms with Gasteiger partial charge in [-0.2, -0.15) is 0 Å². The predicted molar refractivity (Wildman–Crippen MR) is 79.8 cm³/mol. The largest absolute Gasteiger partial charge is 0.508 e. The van der Waals surface area contributed by atoms with Gasteiger partial charge in [-0.25, -0.2) is 0 Å². The first kappa shape index (κ1) is 14.3. The number of hydrogen-bond acceptors (Lipinski definition) is 4. The lowest BCUT2D eigenvalue weighted by molar-refractivity contribution is 0.410. The first-order valence-corrected chi connectivity index (χ1v) is 6.51. The third-order valence-electron chi connectivity index (χ3n) is 3.03. The molecule has 106 valence electrons. The maximum atomic E-state index is 9.92. The molecule has 0 aromatic heterocycles. The van der Waals surface area contributed by atoms with E-state index in [2.05, 4.69) is 5.32 Å². The summed E-state index contributed by atoms with van der Waals surface area (Å²) < 4.78 is 5.15. The van der Waals surface area contributed by atoms with Crippen LogP contribution in [0.2, 0.25) is 5.02 Å². The van der Waals surface area contributed by atoms with E-state index in [1.165, 1.54) is 6.07 Å². The Morgan fingerprint density at radius 2 is 1.80 bits per heavy atom. The van der Waals surface area contributed by atoms with Crippen molar-refractivity contribution >= 4 is 17.3 Å². The molecule has 0 aliphatic rings. The van der Waals surface area contributed by atoms with Crippen LogP contribution in [0.4, 0.5) is 5.69 Å². The van der Waals surface area contributed by atoms with Crippen LogP contribution in [0.1, 0.15) is 18.5 Å². The monoisotopic (exact) mass is 293 g/mol. The lowest BCUT2D eigenvalue weighted by Crippen LogP contribution is -2.07. The Kier molecular flexibility index (Phi) is 4.25. The summed E-state index contributed by atoms with van der Waals surface area (Å²) in [5.41, 5.74) is 1.47. The van der Waals surface area contributed by atoms with Gasteiger partial charge in [-0.1, -0.05) is 11.6 Å². The quantitative estimate of drug-likeness (QED) is 0.747. The van der Waals surface area contributed by atoms with Crippen molar-refractivity contribution in [1.82, 2.24) is 0 Å². The molecule has 0 saturated carbocycles. The summed E-state index contributed by atoms with van der Waals surface area (Å²) in [6.07, 6.45) is 0. The van der Waals surface area contributed by atoms with Crippen LogP contribution >= 0.6 is 11.6 Å². The molecule has 0 aliphatic carbocycles. The number of nitrogens with one attached hydrogen (secondary N) is 1. The van der Waals surface area contributed by atoms with Crippen LogP contribution in [0, 0.1) is 0 Å². The summed E-state index contributed by atoms with van der Waals surface area (Å²) >= 11 is 5.86. The second kappa shape index (κ2) is 5.92. The minimum atomic E-state index is -0.147. The van der Waals surface area contributed by atoms with Gasteiger partial charge >= 0.3 is 0 Å². The number of ether oxygens (including phenoxy) is 1. The Morgan fingerprint density at radius 3 is 2.45 bits per heavy atom. The fourth-order valence-corrected chi connectivity index (χ4v) is 2.11. The van der Waals surface area contributed by atoms with E-state index in [1.807, 2.05) is 6.92 Å². The number of rotatable bonds is 4. The van der Waals surface area contributed by atoms with Crippen LogP contribution in [0.3, 0.4) is 0 Å². The summed E-state index contributed by atoms with van der Waals surface area (Å²) in [5, 5.41) is 22.8. The molecule has 0 amide bonds. The average Bonchev–Trinajstić information content (AvgIpc) is 2.43. The number of anilines is 1. The molecule has 1 atom stereocenters. The van der Waals surface area contributed by atoms with E-state index >= 15 is 0 Å². The van der Waals surface area contributed by atoms with Gasteiger partial charge in [0, 0.05) is 11.3 Å². The number of phenols is 2. The third kappa shape index (κ3) is 3.08. The summed E-state index contributed by atoms with van der Waals surface area (Å²) in [4.78, 5) is 0. The highest BCUT2D eigenvalue weighted by Crippen LogP contribution is 2.32. The summed E-state index contributed by atoms with van der Waals surface area (Å²) in [6.45, 7) is 1.91. The van der Waals surface area contributed by atoms with Crippen molar-refractivity contribution in [2.45, 2.75) is 13.0 Å². The Hall–Kier alpha value is -2.07. The second-order valence-electron chi connectivity index (χ2n) is 4.46. The molecule has 0 spiro atoms. The van der Waals surface area contributed by atoms with Crippen LogP contribution in [0.25, 0.3) is 0 Å². The summed E-state index contributed by atoms with van der Waals surface area (Å²) in [6, 6.07) is 9.78. The predicted octanol–water partition coefficient (Wildman–Crippen LogP) is 3.93. The van der Waals surface area contributed by atoms with Gasteiger partial charge in [-0.3, -0.25) is 0 Å². The standard InChI is InChI=1S/C15H16ClNO3/c1-9(12-8-11(20-2)4-6-14(12)18)17-10-3-5-15(19)13(16)7-10/h3-9,17-19H,1-2H3. The minimum Gasteiger partial charge on any atom is -0.508 e. The van der Waals surface area contributed by atoms with Crippen molar-refractivity contribution in [3.05, 3.63) is 47.0 Å². The zero-order valence-electron chi connectivity index (χ0n) is 11.2. The average molecular weight is 294 g/mol. The highest BCUT2D eigenvalue weighted by molar-refractivity contribution is 6.32. The number of methoxy groups -OCH3 is 1. The number of hydrogen-bond donors (Lipinski definition) is 3. The van der Waals surface area contributed by atoms with Crippen LogP contribution in [-0.2, 0) is 0 Å². The molecule has 3 N–H and O–H groups in total. The van der Waals surface area contributed by atoms with Crippen LogP contribution in [0.5, 0.6) is 17.2 Å². The van der Waals surface area contributed by atoms with Crippen LogP contribution < -0.4 is 10.1 Å². The second-order valence-corrected chi connectivity index (χ2v) is 4.86. The molecule has 0 bridgehead atoms. The van der Waals surface area contributed by atoms with Crippen molar-refractivity contribution in [3.8, 4) is 17.2 Å². The van der Waals surface area contributed by atoms with E-state index in [0.29, 0.717) is 11.3 Å². The van der Waals surface area contributed by atoms with Gasteiger partial charge in [0.05, 0.1) is 18.2 Å². The van der Waals surface area contributed by atoms with Crippen molar-refractivity contribution < 1.29 is 14.9 Å². The van der Waals surface area contributed by atoms with Gasteiger partial charge in [0.1, 0.15) is 17.2 Å². The van der Waals surface area contributed by atoms with Crippen molar-refractivity contribution in [1.29, 1.82) is 0 Å². The molecular formula is C15H16ClNO3. The molecule has 0 radical (unpaired) electrons. The minimum absolute atomic E-state index is 0.0362. The van der Waals surface area contributed by atoms with Gasteiger partial charge in [0.25, 0.3) is 0 Å². The Balaban J connectivity index is 2.23. The summed E-state index contributed by atoms with van der Waals surface area (Å²) in [5.74, 6) is 0.903. The van der Waals surface area contributed by atoms with E-state index in [4.69, 9.17) is 16.3 Å². The molecule has 0 aliphatic heterocycles. The fraction of sp³-hybridized carbons (Fsp3) is 0.200. The first-order valence-electron chi connectivity index (χ1n) is 6.13. The number of benzene rings is 2. The lowest BCUT2D eigenvalue weighted by Gasteiger charge is -2.18. The topological polar surface area (TPSA) is 61.7 Å². The SMILES string of the molecule is COc1ccc(O)c(C(C)Nc2ccc(O)c(Cl)c2)c1. The van der Waals surface area contributed by atoms with E-state index < -0.39 is 0 Å². The fourth-order valence-electron chi connectivity index (χ4n) is 1.93. The van der Waals surface area contributed by atoms with Crippen LogP contribution in [-0.4, -0.2) is 17.3 Å². The van der Waals surface area contributed by atoms with Crippen molar-refractivity contribution in [2.75, 3.05) is 12.4 Å². The number of phenolic OH excluding ortho intramolecular Hbond substituents is 2. The molecule has 4 nitrogen and oxygen atoms in total. The van der Waals surface area contributed by atoms with Gasteiger partial charge in [-0.05, 0) is 43.3 Å². The van der Waals surface area contributed by atoms with Gasteiger partial charge in [0.2, 0.25) is 0 Å². The maximum absolute atomic E-state index is 9.92. The van der Waals surface area contributed by atoms with Gasteiger partial charge in [0.15, 0.2) is 0 Å². The number of halogens is 1. The molecule has 0 fully saturated rings. The van der Waals surface area contributed by atoms with Gasteiger partial charge < -0.3 is 20.3 Å². The highest BCUT2D eigenvalue weighted by atomic mass is 35.5. The van der Waals surface area contributed by atoms with Crippen molar-refractivity contribution in [2.24, 2.45) is 0 Å². The molecule has 1 unspecified atom stereocenters. The molecule has 5 heteroatoms. The van der Waals surface area contributed by atoms with E-state index in [1.54, 1.807) is 37.4 Å². The van der Waals surface area contributed by atoms with Gasteiger partial charge in [-0.15, -0.1) is 0 Å². The third-order valence-corrected chi connectivity index (χ3v) is 3.33. The smallest absolute Gasteiger partial charge is 0.134 e. The number of aromatic hydroxyl groups is 2.